The van der Waals surface area contributed by atoms with Crippen molar-refractivity contribution in [2.75, 3.05) is 19.0 Å². The Morgan fingerprint density at radius 3 is 2.52 bits per heavy atom. The van der Waals surface area contributed by atoms with Crippen molar-refractivity contribution in [2.24, 2.45) is 0 Å². The number of halogens is 1. The maximum Gasteiger partial charge on any atom is 0.262 e. The van der Waals surface area contributed by atoms with Crippen LogP contribution < -0.4 is 10.1 Å². The predicted octanol–water partition coefficient (Wildman–Crippen LogP) is 2.89. The van der Waals surface area contributed by atoms with E-state index in [0.717, 1.165) is 10.5 Å². The number of hydrogen-bond acceptors (Lipinski definition) is 4. The summed E-state index contributed by atoms with van der Waals surface area (Å²) in [6.07, 6.45) is 0. The van der Waals surface area contributed by atoms with Crippen LogP contribution in [0.15, 0.2) is 36.4 Å². The topological polar surface area (TPSA) is 75.7 Å². The lowest BCUT2D eigenvalue weighted by Gasteiger charge is -2.14. The van der Waals surface area contributed by atoms with Gasteiger partial charge in [-0.2, -0.15) is 0 Å². The van der Waals surface area contributed by atoms with Gasteiger partial charge in [0.15, 0.2) is 0 Å². The fraction of sp³-hybridized carbons (Fsp3) is 0.167. The molecule has 0 bridgehead atoms. The van der Waals surface area contributed by atoms with Crippen molar-refractivity contribution in [1.82, 2.24) is 4.90 Å². The molecule has 7 heteroatoms. The SMILES string of the molecule is COc1ccc(NC(=O)CN2C(=O)c3ccc(C)cc3C2=O)cc1Cl. The van der Waals surface area contributed by atoms with Crippen molar-refractivity contribution in [3.8, 4) is 5.75 Å². The van der Waals surface area contributed by atoms with Crippen LogP contribution in [0.4, 0.5) is 5.69 Å². The van der Waals surface area contributed by atoms with Crippen LogP contribution >= 0.6 is 11.6 Å². The van der Waals surface area contributed by atoms with Gasteiger partial charge >= 0.3 is 0 Å². The van der Waals surface area contributed by atoms with E-state index < -0.39 is 17.7 Å². The number of methoxy groups -OCH3 is 1. The van der Waals surface area contributed by atoms with E-state index in [-0.39, 0.29) is 6.54 Å². The summed E-state index contributed by atoms with van der Waals surface area (Å²) in [5, 5.41) is 2.96. The second-order valence-corrected chi connectivity index (χ2v) is 6.05. The van der Waals surface area contributed by atoms with Gasteiger partial charge in [0.1, 0.15) is 12.3 Å². The molecule has 0 saturated heterocycles. The third-order valence-electron chi connectivity index (χ3n) is 3.86. The molecule has 1 aliphatic heterocycles. The Hall–Kier alpha value is -2.86. The minimum Gasteiger partial charge on any atom is -0.495 e. The molecule has 1 N–H and O–H groups in total. The van der Waals surface area contributed by atoms with E-state index >= 15 is 0 Å². The molecular weight excluding hydrogens is 344 g/mol. The molecule has 3 rings (SSSR count). The van der Waals surface area contributed by atoms with Crippen LogP contribution in [0.1, 0.15) is 26.3 Å². The predicted molar refractivity (Wildman–Crippen MR) is 93.2 cm³/mol. The number of nitrogens with one attached hydrogen (secondary N) is 1. The maximum atomic E-state index is 12.4. The molecule has 2 aromatic rings. The largest absolute Gasteiger partial charge is 0.495 e. The van der Waals surface area contributed by atoms with Crippen molar-refractivity contribution in [3.63, 3.8) is 0 Å². The summed E-state index contributed by atoms with van der Waals surface area (Å²) < 4.78 is 5.04. The van der Waals surface area contributed by atoms with Crippen molar-refractivity contribution in [2.45, 2.75) is 6.92 Å². The van der Waals surface area contributed by atoms with Gasteiger partial charge in [0.2, 0.25) is 5.91 Å². The molecule has 3 amide bonds. The van der Waals surface area contributed by atoms with Crippen molar-refractivity contribution < 1.29 is 19.1 Å². The normalized spacial score (nSPS) is 13.0. The Morgan fingerprint density at radius 2 is 1.84 bits per heavy atom. The average Bonchev–Trinajstić information content (AvgIpc) is 2.79. The summed E-state index contributed by atoms with van der Waals surface area (Å²) in [7, 11) is 1.49. The van der Waals surface area contributed by atoms with Crippen LogP contribution in [0.2, 0.25) is 5.02 Å². The molecule has 128 valence electrons. The number of imide groups is 1. The van der Waals surface area contributed by atoms with E-state index in [2.05, 4.69) is 5.32 Å². The molecular formula is C18H15ClN2O4. The summed E-state index contributed by atoms with van der Waals surface area (Å²) >= 11 is 6.01. The van der Waals surface area contributed by atoms with Crippen LogP contribution in [0.3, 0.4) is 0 Å². The highest BCUT2D eigenvalue weighted by Crippen LogP contribution is 2.27. The van der Waals surface area contributed by atoms with Crippen LogP contribution in [-0.4, -0.2) is 36.3 Å². The number of hydrogen-bond donors (Lipinski definition) is 1. The zero-order valence-corrected chi connectivity index (χ0v) is 14.4. The first-order chi connectivity index (χ1) is 11.9. The van der Waals surface area contributed by atoms with Gasteiger partial charge < -0.3 is 10.1 Å². The van der Waals surface area contributed by atoms with Gasteiger partial charge in [-0.25, -0.2) is 0 Å². The number of aryl methyl sites for hydroxylation is 1. The first-order valence-corrected chi connectivity index (χ1v) is 7.88. The standard InChI is InChI=1S/C18H15ClN2O4/c1-10-3-5-12-13(7-10)18(24)21(17(12)23)9-16(22)20-11-4-6-15(25-2)14(19)8-11/h3-8H,9H2,1-2H3,(H,20,22). The highest BCUT2D eigenvalue weighted by Gasteiger charge is 2.36. The quantitative estimate of drug-likeness (QED) is 0.853. The smallest absolute Gasteiger partial charge is 0.262 e. The minimum absolute atomic E-state index is 0.316. The number of nitrogens with zero attached hydrogens (tertiary/aromatic N) is 1. The number of carbonyl (C=O) groups excluding carboxylic acids is 3. The number of carbonyl (C=O) groups is 3. The second-order valence-electron chi connectivity index (χ2n) is 5.64. The minimum atomic E-state index is -0.493. The number of ether oxygens (including phenoxy) is 1. The van der Waals surface area contributed by atoms with Gasteiger partial charge in [-0.15, -0.1) is 0 Å². The zero-order valence-electron chi connectivity index (χ0n) is 13.6. The monoisotopic (exact) mass is 358 g/mol. The molecule has 0 spiro atoms. The molecule has 25 heavy (non-hydrogen) atoms. The number of benzene rings is 2. The summed E-state index contributed by atoms with van der Waals surface area (Å²) in [6.45, 7) is 1.47. The lowest BCUT2D eigenvalue weighted by molar-refractivity contribution is -0.116. The molecule has 1 aliphatic rings. The van der Waals surface area contributed by atoms with E-state index in [1.807, 2.05) is 6.92 Å². The Balaban J connectivity index is 1.73. The van der Waals surface area contributed by atoms with Crippen molar-refractivity contribution in [3.05, 3.63) is 58.1 Å². The van der Waals surface area contributed by atoms with Crippen LogP contribution in [0.25, 0.3) is 0 Å². The molecule has 0 aromatic heterocycles. The van der Waals surface area contributed by atoms with Gasteiger partial charge in [0.05, 0.1) is 23.3 Å². The average molecular weight is 359 g/mol. The molecule has 0 fully saturated rings. The Bertz CT molecular complexity index is 895. The van der Waals surface area contributed by atoms with Gasteiger partial charge in [-0.1, -0.05) is 23.2 Å². The Labute approximate surface area is 149 Å². The number of amides is 3. The van der Waals surface area contributed by atoms with Crippen LogP contribution in [0, 0.1) is 6.92 Å². The highest BCUT2D eigenvalue weighted by atomic mass is 35.5. The van der Waals surface area contributed by atoms with E-state index in [0.29, 0.717) is 27.6 Å². The molecule has 1 heterocycles. The first kappa shape index (κ1) is 17.0. The van der Waals surface area contributed by atoms with E-state index in [4.69, 9.17) is 16.3 Å². The van der Waals surface area contributed by atoms with Crippen LogP contribution in [-0.2, 0) is 4.79 Å². The van der Waals surface area contributed by atoms with E-state index in [9.17, 15) is 14.4 Å². The lowest BCUT2D eigenvalue weighted by Crippen LogP contribution is -2.37. The second kappa shape index (κ2) is 6.57. The Morgan fingerprint density at radius 1 is 1.12 bits per heavy atom. The Kier molecular flexibility index (Phi) is 4.46. The summed E-state index contributed by atoms with van der Waals surface area (Å²) in [6, 6.07) is 9.77. The fourth-order valence-corrected chi connectivity index (χ4v) is 2.89. The summed E-state index contributed by atoms with van der Waals surface area (Å²) in [5.41, 5.74) is 1.96. The van der Waals surface area contributed by atoms with Crippen molar-refractivity contribution >= 4 is 35.0 Å². The molecule has 0 aliphatic carbocycles. The third kappa shape index (κ3) is 3.21. The fourth-order valence-electron chi connectivity index (χ4n) is 2.64. The summed E-state index contributed by atoms with van der Waals surface area (Å²) in [4.78, 5) is 37.9. The number of rotatable bonds is 4. The lowest BCUT2D eigenvalue weighted by atomic mass is 10.1. The van der Waals surface area contributed by atoms with E-state index in [1.165, 1.54) is 13.2 Å². The van der Waals surface area contributed by atoms with Gasteiger partial charge in [0.25, 0.3) is 11.8 Å². The highest BCUT2D eigenvalue weighted by molar-refractivity contribution is 6.32. The first-order valence-electron chi connectivity index (χ1n) is 7.51. The number of fused-ring (bicyclic) bond motifs is 1. The molecule has 0 atom stereocenters. The number of anilines is 1. The molecule has 2 aromatic carbocycles. The zero-order chi connectivity index (χ0) is 18.1. The van der Waals surface area contributed by atoms with Gasteiger partial charge in [-0.3, -0.25) is 19.3 Å². The van der Waals surface area contributed by atoms with Crippen molar-refractivity contribution in [1.29, 1.82) is 0 Å². The van der Waals surface area contributed by atoms with E-state index in [1.54, 1.807) is 30.3 Å². The molecule has 0 saturated carbocycles. The molecule has 0 radical (unpaired) electrons. The van der Waals surface area contributed by atoms with Crippen LogP contribution in [0.5, 0.6) is 5.75 Å². The molecule has 6 nitrogen and oxygen atoms in total. The third-order valence-corrected chi connectivity index (χ3v) is 4.16. The maximum absolute atomic E-state index is 12.4. The molecule has 0 unspecified atom stereocenters. The summed E-state index contributed by atoms with van der Waals surface area (Å²) in [5.74, 6) is -0.947. The van der Waals surface area contributed by atoms with Gasteiger partial charge in [0, 0.05) is 5.69 Å². The van der Waals surface area contributed by atoms with Gasteiger partial charge in [-0.05, 0) is 37.3 Å².